The molecule has 0 N–H and O–H groups in total. The summed E-state index contributed by atoms with van der Waals surface area (Å²) in [6.07, 6.45) is 2.35. The highest BCUT2D eigenvalue weighted by atomic mass is 16.6. The van der Waals surface area contributed by atoms with E-state index in [2.05, 4.69) is 0 Å². The van der Waals surface area contributed by atoms with Crippen LogP contribution in [0.2, 0.25) is 0 Å². The quantitative estimate of drug-likeness (QED) is 0.542. The number of hydrogen-bond donors (Lipinski definition) is 0. The van der Waals surface area contributed by atoms with Crippen molar-refractivity contribution < 1.29 is 19.1 Å². The number of hydrogen-bond acceptors (Lipinski definition) is 4. The van der Waals surface area contributed by atoms with Crippen LogP contribution < -0.4 is 0 Å². The molecule has 0 aromatic rings. The fourth-order valence-corrected chi connectivity index (χ4v) is 1.51. The molecule has 0 unspecified atom stereocenters. The molecule has 1 aliphatic rings. The van der Waals surface area contributed by atoms with Gasteiger partial charge in [-0.25, -0.2) is 4.79 Å². The summed E-state index contributed by atoms with van der Waals surface area (Å²) < 4.78 is 10.2. The maximum absolute atomic E-state index is 11.6. The summed E-state index contributed by atoms with van der Waals surface area (Å²) in [7, 11) is 0. The Morgan fingerprint density at radius 2 is 2.25 bits per heavy atom. The lowest BCUT2D eigenvalue weighted by molar-refractivity contribution is -0.160. The van der Waals surface area contributed by atoms with Crippen LogP contribution in [0, 0.1) is 5.92 Å². The SMILES string of the molecule is CCCCOC(=O)[C@@H]1OC=C(C)C(=O)[C@H]1C. The molecule has 1 heterocycles. The van der Waals surface area contributed by atoms with Gasteiger partial charge < -0.3 is 9.47 Å². The molecule has 0 saturated heterocycles. The smallest absolute Gasteiger partial charge is 0.348 e. The Hall–Kier alpha value is -1.32. The van der Waals surface area contributed by atoms with Crippen LogP contribution in [0.4, 0.5) is 0 Å². The Bertz CT molecular complexity index is 306. The van der Waals surface area contributed by atoms with Crippen LogP contribution in [0.15, 0.2) is 11.8 Å². The summed E-state index contributed by atoms with van der Waals surface area (Å²) >= 11 is 0. The maximum atomic E-state index is 11.6. The molecule has 0 radical (unpaired) electrons. The van der Waals surface area contributed by atoms with Gasteiger partial charge >= 0.3 is 5.97 Å². The molecule has 16 heavy (non-hydrogen) atoms. The Kier molecular flexibility index (Phi) is 4.52. The second-order valence-electron chi connectivity index (χ2n) is 4.03. The van der Waals surface area contributed by atoms with Crippen molar-refractivity contribution in [2.24, 2.45) is 5.92 Å². The maximum Gasteiger partial charge on any atom is 0.348 e. The third-order valence-electron chi connectivity index (χ3n) is 2.62. The molecule has 0 aromatic carbocycles. The van der Waals surface area contributed by atoms with Gasteiger partial charge in [-0.1, -0.05) is 20.3 Å². The lowest BCUT2D eigenvalue weighted by Gasteiger charge is -2.25. The monoisotopic (exact) mass is 226 g/mol. The van der Waals surface area contributed by atoms with Crippen molar-refractivity contribution in [1.29, 1.82) is 0 Å². The second kappa shape index (κ2) is 5.68. The third-order valence-corrected chi connectivity index (χ3v) is 2.62. The molecule has 4 heteroatoms. The van der Waals surface area contributed by atoms with E-state index in [0.717, 1.165) is 12.8 Å². The first-order valence-corrected chi connectivity index (χ1v) is 5.61. The molecule has 4 nitrogen and oxygen atoms in total. The summed E-state index contributed by atoms with van der Waals surface area (Å²) in [5.41, 5.74) is 0.546. The minimum atomic E-state index is -0.784. The fourth-order valence-electron chi connectivity index (χ4n) is 1.51. The molecule has 1 rings (SSSR count). The van der Waals surface area contributed by atoms with Gasteiger partial charge in [0.15, 0.2) is 5.78 Å². The van der Waals surface area contributed by atoms with Crippen LogP contribution in [0.5, 0.6) is 0 Å². The Labute approximate surface area is 95.6 Å². The highest BCUT2D eigenvalue weighted by Gasteiger charge is 2.36. The minimum Gasteiger partial charge on any atom is -0.485 e. The van der Waals surface area contributed by atoms with E-state index in [1.54, 1.807) is 13.8 Å². The summed E-state index contributed by atoms with van der Waals surface area (Å²) in [4.78, 5) is 23.2. The average Bonchev–Trinajstić information content (AvgIpc) is 2.26. The molecular weight excluding hydrogens is 208 g/mol. The molecule has 0 bridgehead atoms. The summed E-state index contributed by atoms with van der Waals surface area (Å²) in [5.74, 6) is -0.958. The summed E-state index contributed by atoms with van der Waals surface area (Å²) in [5, 5.41) is 0. The largest absolute Gasteiger partial charge is 0.485 e. The average molecular weight is 226 g/mol. The van der Waals surface area contributed by atoms with Crippen LogP contribution in [-0.4, -0.2) is 24.5 Å². The first-order valence-electron chi connectivity index (χ1n) is 5.61. The standard InChI is InChI=1S/C12H18O4/c1-4-5-6-15-12(14)11-9(3)10(13)8(2)7-16-11/h7,9,11H,4-6H2,1-3H3/t9-,11-/m1/s1. The van der Waals surface area contributed by atoms with Crippen LogP contribution in [0.25, 0.3) is 0 Å². The van der Waals surface area contributed by atoms with Gasteiger partial charge in [0.05, 0.1) is 18.8 Å². The number of ketones is 1. The summed E-state index contributed by atoms with van der Waals surface area (Å²) in [6.45, 7) is 5.77. The highest BCUT2D eigenvalue weighted by molar-refractivity contribution is 6.00. The molecule has 0 aliphatic carbocycles. The molecule has 0 amide bonds. The van der Waals surface area contributed by atoms with E-state index < -0.39 is 18.0 Å². The second-order valence-corrected chi connectivity index (χ2v) is 4.03. The van der Waals surface area contributed by atoms with E-state index in [-0.39, 0.29) is 5.78 Å². The Morgan fingerprint density at radius 3 is 2.88 bits per heavy atom. The predicted molar refractivity (Wildman–Crippen MR) is 58.7 cm³/mol. The van der Waals surface area contributed by atoms with Crippen molar-refractivity contribution in [3.8, 4) is 0 Å². The molecule has 0 aromatic heterocycles. The zero-order chi connectivity index (χ0) is 12.1. The van der Waals surface area contributed by atoms with E-state index >= 15 is 0 Å². The first-order chi connectivity index (χ1) is 7.57. The van der Waals surface area contributed by atoms with E-state index in [0.29, 0.717) is 12.2 Å². The lowest BCUT2D eigenvalue weighted by Crippen LogP contribution is -2.39. The molecule has 90 valence electrons. The van der Waals surface area contributed by atoms with Gasteiger partial charge in [0, 0.05) is 5.57 Å². The zero-order valence-corrected chi connectivity index (χ0v) is 9.99. The van der Waals surface area contributed by atoms with Crippen molar-refractivity contribution in [2.45, 2.75) is 39.7 Å². The van der Waals surface area contributed by atoms with E-state index in [1.807, 2.05) is 6.92 Å². The van der Waals surface area contributed by atoms with Gasteiger partial charge in [-0.15, -0.1) is 0 Å². The van der Waals surface area contributed by atoms with E-state index in [9.17, 15) is 9.59 Å². The lowest BCUT2D eigenvalue weighted by atomic mass is 9.93. The van der Waals surface area contributed by atoms with Gasteiger partial charge in [-0.05, 0) is 13.3 Å². The van der Waals surface area contributed by atoms with Gasteiger partial charge in [-0.2, -0.15) is 0 Å². The number of esters is 1. The topological polar surface area (TPSA) is 52.6 Å². The molecule has 0 fully saturated rings. The molecule has 1 aliphatic heterocycles. The van der Waals surface area contributed by atoms with Crippen molar-refractivity contribution in [2.75, 3.05) is 6.61 Å². The van der Waals surface area contributed by atoms with E-state index in [4.69, 9.17) is 9.47 Å². The highest BCUT2D eigenvalue weighted by Crippen LogP contribution is 2.21. The Balaban J connectivity index is 2.54. The van der Waals surface area contributed by atoms with Crippen LogP contribution in [-0.2, 0) is 19.1 Å². The number of carbonyl (C=O) groups is 2. The molecular formula is C12H18O4. The van der Waals surface area contributed by atoms with Gasteiger partial charge in [0.2, 0.25) is 6.10 Å². The van der Waals surface area contributed by atoms with Gasteiger partial charge in [0.25, 0.3) is 0 Å². The van der Waals surface area contributed by atoms with Gasteiger partial charge in [-0.3, -0.25) is 4.79 Å². The number of ether oxygens (including phenoxy) is 2. The van der Waals surface area contributed by atoms with Crippen molar-refractivity contribution in [3.63, 3.8) is 0 Å². The van der Waals surface area contributed by atoms with Crippen LogP contribution in [0.3, 0.4) is 0 Å². The van der Waals surface area contributed by atoms with E-state index in [1.165, 1.54) is 6.26 Å². The third kappa shape index (κ3) is 2.84. The predicted octanol–water partition coefficient (Wildman–Crippen LogP) is 1.84. The summed E-state index contributed by atoms with van der Waals surface area (Å²) in [6, 6.07) is 0. The van der Waals surface area contributed by atoms with Crippen LogP contribution in [0.1, 0.15) is 33.6 Å². The van der Waals surface area contributed by atoms with Crippen molar-refractivity contribution >= 4 is 11.8 Å². The molecule has 0 spiro atoms. The first kappa shape index (κ1) is 12.7. The minimum absolute atomic E-state index is 0.0521. The van der Waals surface area contributed by atoms with Crippen molar-refractivity contribution in [3.05, 3.63) is 11.8 Å². The molecule has 2 atom stereocenters. The number of unbranched alkanes of at least 4 members (excludes halogenated alkanes) is 1. The zero-order valence-electron chi connectivity index (χ0n) is 9.99. The Morgan fingerprint density at radius 1 is 1.56 bits per heavy atom. The van der Waals surface area contributed by atoms with Crippen molar-refractivity contribution in [1.82, 2.24) is 0 Å². The van der Waals surface area contributed by atoms with Crippen LogP contribution >= 0.6 is 0 Å². The number of Topliss-reactive ketones (excluding diaryl/α,β-unsaturated/α-hetero) is 1. The number of rotatable bonds is 4. The normalized spacial score (nSPS) is 24.7. The molecule has 0 saturated carbocycles. The fraction of sp³-hybridized carbons (Fsp3) is 0.667. The van der Waals surface area contributed by atoms with Gasteiger partial charge in [0.1, 0.15) is 0 Å². The number of carbonyl (C=O) groups excluding carboxylic acids is 2. The number of allylic oxidation sites excluding steroid dienone is 1.